The van der Waals surface area contributed by atoms with Gasteiger partial charge in [0, 0.05) is 44.0 Å². The average molecular weight is 433 g/mol. The molecule has 1 aliphatic heterocycles. The Kier molecular flexibility index (Phi) is 6.74. The monoisotopic (exact) mass is 432 g/mol. The van der Waals surface area contributed by atoms with Gasteiger partial charge < -0.3 is 10.3 Å². The normalized spacial score (nSPS) is 15.8. The van der Waals surface area contributed by atoms with Crippen molar-refractivity contribution >= 4 is 15.9 Å². The second kappa shape index (κ2) is 9.11. The van der Waals surface area contributed by atoms with Gasteiger partial charge in [0.2, 0.25) is 15.9 Å². The van der Waals surface area contributed by atoms with Crippen LogP contribution < -0.4 is 10.9 Å². The second-order valence-electron chi connectivity index (χ2n) is 7.71. The molecule has 1 aromatic carbocycles. The highest BCUT2D eigenvalue weighted by Gasteiger charge is 2.29. The number of aromatic nitrogens is 1. The highest BCUT2D eigenvalue weighted by molar-refractivity contribution is 7.89. The fourth-order valence-electron chi connectivity index (χ4n) is 3.53. The van der Waals surface area contributed by atoms with Crippen LogP contribution in [0.4, 0.5) is 0 Å². The lowest BCUT2D eigenvalue weighted by Crippen LogP contribution is -2.51. The summed E-state index contributed by atoms with van der Waals surface area (Å²) >= 11 is 0. The number of hydrogen-bond donors (Lipinski definition) is 2. The third kappa shape index (κ3) is 5.16. The minimum Gasteiger partial charge on any atom is -0.351 e. The molecule has 0 atom stereocenters. The Balaban J connectivity index is 1.51. The second-order valence-corrected chi connectivity index (χ2v) is 9.65. The minimum atomic E-state index is -3.52. The predicted molar refractivity (Wildman–Crippen MR) is 115 cm³/mol. The van der Waals surface area contributed by atoms with Gasteiger partial charge in [-0.25, -0.2) is 8.42 Å². The van der Waals surface area contributed by atoms with E-state index in [0.717, 1.165) is 16.8 Å². The molecule has 30 heavy (non-hydrogen) atoms. The first-order chi connectivity index (χ1) is 14.2. The summed E-state index contributed by atoms with van der Waals surface area (Å²) in [5.41, 5.74) is 2.98. The lowest BCUT2D eigenvalue weighted by Gasteiger charge is -2.33. The molecule has 3 rings (SSSR count). The number of rotatable bonds is 6. The van der Waals surface area contributed by atoms with Crippen LogP contribution in [0, 0.1) is 20.8 Å². The standard InChI is InChI=1S/C21H28N4O4S/c1-15-4-6-18(7-5-15)30(28,29)25-10-8-24(9-11-25)14-20(26)22-13-19-16(2)12-17(3)23-21(19)27/h4-7,12H,8-11,13-14H2,1-3H3,(H,22,26)(H,23,27). The number of sulfonamides is 1. The Hall–Kier alpha value is -2.49. The number of aromatic amines is 1. The van der Waals surface area contributed by atoms with Crippen molar-refractivity contribution in [1.82, 2.24) is 19.5 Å². The maximum atomic E-state index is 12.8. The van der Waals surface area contributed by atoms with Crippen LogP contribution in [0.5, 0.6) is 0 Å². The lowest BCUT2D eigenvalue weighted by atomic mass is 10.1. The van der Waals surface area contributed by atoms with Gasteiger partial charge in [-0.15, -0.1) is 0 Å². The van der Waals surface area contributed by atoms with Crippen molar-refractivity contribution in [3.63, 3.8) is 0 Å². The molecule has 1 aliphatic rings. The molecule has 0 unspecified atom stereocenters. The summed E-state index contributed by atoms with van der Waals surface area (Å²) in [5, 5.41) is 2.79. The van der Waals surface area contributed by atoms with Gasteiger partial charge in [-0.3, -0.25) is 14.5 Å². The van der Waals surface area contributed by atoms with Gasteiger partial charge in [-0.2, -0.15) is 4.31 Å². The summed E-state index contributed by atoms with van der Waals surface area (Å²) in [6, 6.07) is 8.69. The molecule has 1 amide bonds. The highest BCUT2D eigenvalue weighted by atomic mass is 32.2. The van der Waals surface area contributed by atoms with Crippen molar-refractivity contribution in [3.05, 3.63) is 63.1 Å². The van der Waals surface area contributed by atoms with Crippen molar-refractivity contribution in [1.29, 1.82) is 0 Å². The fraction of sp³-hybridized carbons (Fsp3) is 0.429. The van der Waals surface area contributed by atoms with Crippen LogP contribution >= 0.6 is 0 Å². The predicted octanol–water partition coefficient (Wildman–Crippen LogP) is 0.923. The minimum absolute atomic E-state index is 0.168. The van der Waals surface area contributed by atoms with E-state index in [4.69, 9.17) is 0 Å². The van der Waals surface area contributed by atoms with Crippen molar-refractivity contribution in [2.75, 3.05) is 32.7 Å². The lowest BCUT2D eigenvalue weighted by molar-refractivity contribution is -0.122. The molecule has 1 aromatic heterocycles. The van der Waals surface area contributed by atoms with Crippen LogP contribution in [0.3, 0.4) is 0 Å². The Bertz CT molecular complexity index is 1070. The maximum absolute atomic E-state index is 12.8. The molecule has 1 saturated heterocycles. The number of benzene rings is 1. The molecule has 2 aromatic rings. The summed E-state index contributed by atoms with van der Waals surface area (Å²) in [5.74, 6) is -0.191. The zero-order chi connectivity index (χ0) is 21.9. The number of piperazine rings is 1. The van der Waals surface area contributed by atoms with Gasteiger partial charge in [0.25, 0.3) is 5.56 Å². The van der Waals surface area contributed by atoms with Crippen LogP contribution in [-0.4, -0.2) is 61.2 Å². The number of carbonyl (C=O) groups is 1. The summed E-state index contributed by atoms with van der Waals surface area (Å²) in [6.07, 6.45) is 0. The third-order valence-electron chi connectivity index (χ3n) is 5.31. The number of carbonyl (C=O) groups excluding carboxylic acids is 1. The first-order valence-electron chi connectivity index (χ1n) is 9.92. The van der Waals surface area contributed by atoms with E-state index in [9.17, 15) is 18.0 Å². The van der Waals surface area contributed by atoms with E-state index in [1.54, 1.807) is 24.3 Å². The van der Waals surface area contributed by atoms with Gasteiger partial charge in [-0.05, 0) is 44.5 Å². The summed E-state index contributed by atoms with van der Waals surface area (Å²) in [7, 11) is -3.52. The van der Waals surface area contributed by atoms with Crippen LogP contribution in [0.1, 0.15) is 22.4 Å². The van der Waals surface area contributed by atoms with E-state index < -0.39 is 10.0 Å². The molecule has 2 N–H and O–H groups in total. The van der Waals surface area contributed by atoms with Gasteiger partial charge in [0.1, 0.15) is 0 Å². The van der Waals surface area contributed by atoms with Crippen molar-refractivity contribution < 1.29 is 13.2 Å². The van der Waals surface area contributed by atoms with Crippen molar-refractivity contribution in [3.8, 4) is 0 Å². The van der Waals surface area contributed by atoms with E-state index in [-0.39, 0.29) is 29.5 Å². The molecule has 162 valence electrons. The van der Waals surface area contributed by atoms with E-state index >= 15 is 0 Å². The van der Waals surface area contributed by atoms with Crippen LogP contribution in [-0.2, 0) is 21.4 Å². The van der Waals surface area contributed by atoms with E-state index in [2.05, 4.69) is 10.3 Å². The molecular formula is C21H28N4O4S. The van der Waals surface area contributed by atoms with Gasteiger partial charge >= 0.3 is 0 Å². The summed E-state index contributed by atoms with van der Waals surface area (Å²) in [6.45, 7) is 7.53. The van der Waals surface area contributed by atoms with Crippen molar-refractivity contribution in [2.24, 2.45) is 0 Å². The van der Waals surface area contributed by atoms with Crippen LogP contribution in [0.2, 0.25) is 0 Å². The van der Waals surface area contributed by atoms with Crippen LogP contribution in [0.25, 0.3) is 0 Å². The summed E-state index contributed by atoms with van der Waals surface area (Å²) in [4.78, 5) is 29.3. The third-order valence-corrected chi connectivity index (χ3v) is 7.23. The Morgan fingerprint density at radius 1 is 1.07 bits per heavy atom. The topological polar surface area (TPSA) is 103 Å². The largest absolute Gasteiger partial charge is 0.351 e. The first kappa shape index (κ1) is 22.2. The molecule has 2 heterocycles. The molecular weight excluding hydrogens is 404 g/mol. The van der Waals surface area contributed by atoms with Gasteiger partial charge in [0.15, 0.2) is 0 Å². The molecule has 0 spiro atoms. The number of pyridine rings is 1. The molecule has 9 heteroatoms. The molecule has 0 saturated carbocycles. The zero-order valence-corrected chi connectivity index (χ0v) is 18.4. The van der Waals surface area contributed by atoms with E-state index in [1.165, 1.54) is 4.31 Å². The Morgan fingerprint density at radius 2 is 1.70 bits per heavy atom. The number of nitrogens with one attached hydrogen (secondary N) is 2. The molecule has 0 aliphatic carbocycles. The van der Waals surface area contributed by atoms with Gasteiger partial charge in [0.05, 0.1) is 11.4 Å². The average Bonchev–Trinajstić information content (AvgIpc) is 2.68. The molecule has 1 fully saturated rings. The number of amides is 1. The van der Waals surface area contributed by atoms with E-state index in [1.807, 2.05) is 31.7 Å². The SMILES string of the molecule is Cc1ccc(S(=O)(=O)N2CCN(CC(=O)NCc3c(C)cc(C)[nH]c3=O)CC2)cc1. The summed E-state index contributed by atoms with van der Waals surface area (Å²) < 4.78 is 27.0. The van der Waals surface area contributed by atoms with E-state index in [0.29, 0.717) is 31.7 Å². The maximum Gasteiger partial charge on any atom is 0.253 e. The molecule has 8 nitrogen and oxygen atoms in total. The Morgan fingerprint density at radius 3 is 2.30 bits per heavy atom. The molecule has 0 radical (unpaired) electrons. The highest BCUT2D eigenvalue weighted by Crippen LogP contribution is 2.18. The van der Waals surface area contributed by atoms with Crippen LogP contribution in [0.15, 0.2) is 40.0 Å². The first-order valence-corrected chi connectivity index (χ1v) is 11.4. The Labute approximate surface area is 177 Å². The fourth-order valence-corrected chi connectivity index (χ4v) is 4.96. The number of H-pyrrole nitrogens is 1. The number of hydrogen-bond acceptors (Lipinski definition) is 5. The van der Waals surface area contributed by atoms with Gasteiger partial charge in [-0.1, -0.05) is 17.7 Å². The number of aryl methyl sites for hydroxylation is 3. The number of nitrogens with zero attached hydrogens (tertiary/aromatic N) is 2. The zero-order valence-electron chi connectivity index (χ0n) is 17.6. The quantitative estimate of drug-likeness (QED) is 0.707. The molecule has 0 bridgehead atoms. The van der Waals surface area contributed by atoms with Crippen molar-refractivity contribution in [2.45, 2.75) is 32.2 Å². The smallest absolute Gasteiger partial charge is 0.253 e.